The lowest BCUT2D eigenvalue weighted by atomic mass is 10.3. The smallest absolute Gasteiger partial charge is 0.263 e. The fraction of sp³-hybridized carbons (Fsp3) is 0.667. The van der Waals surface area contributed by atoms with Gasteiger partial charge in [-0.1, -0.05) is 11.3 Å². The molecule has 0 aliphatic carbocycles. The number of nitrogens with zero attached hydrogens (tertiary/aromatic N) is 3. The van der Waals surface area contributed by atoms with Crippen LogP contribution in [0.1, 0.15) is 28.9 Å². The lowest BCUT2D eigenvalue weighted by Crippen LogP contribution is -2.36. The molecule has 2 saturated heterocycles. The van der Waals surface area contributed by atoms with Gasteiger partial charge in [-0.3, -0.25) is 9.59 Å². The second-order valence-corrected chi connectivity index (χ2v) is 6.71. The summed E-state index contributed by atoms with van der Waals surface area (Å²) < 4.78 is 5.32. The number of rotatable bonds is 6. The van der Waals surface area contributed by atoms with Gasteiger partial charge in [0.1, 0.15) is 4.88 Å². The molecule has 1 aromatic rings. The van der Waals surface area contributed by atoms with Crippen LogP contribution >= 0.6 is 11.3 Å². The molecule has 2 amide bonds. The van der Waals surface area contributed by atoms with Gasteiger partial charge in [-0.05, 0) is 12.8 Å². The highest BCUT2D eigenvalue weighted by Gasteiger charge is 2.20. The number of likely N-dealkylation sites (tertiary alicyclic amines) is 1. The van der Waals surface area contributed by atoms with Crippen LogP contribution in [-0.2, 0) is 9.53 Å². The zero-order valence-corrected chi connectivity index (χ0v) is 13.9. The Balaban J connectivity index is 1.41. The summed E-state index contributed by atoms with van der Waals surface area (Å²) in [7, 11) is 0. The number of nitrogens with one attached hydrogen (secondary N) is 1. The van der Waals surface area contributed by atoms with E-state index >= 15 is 0 Å². The summed E-state index contributed by atoms with van der Waals surface area (Å²) in [5.74, 6) is 0.142. The molecule has 0 radical (unpaired) electrons. The van der Waals surface area contributed by atoms with Crippen LogP contribution in [0.4, 0.5) is 5.13 Å². The molecule has 2 fully saturated rings. The summed E-state index contributed by atoms with van der Waals surface area (Å²) in [6.45, 7) is 5.20. The molecule has 8 heteroatoms. The summed E-state index contributed by atoms with van der Waals surface area (Å²) in [5, 5.41) is 3.78. The third-order valence-electron chi connectivity index (χ3n) is 4.06. The Morgan fingerprint density at radius 3 is 2.91 bits per heavy atom. The minimum absolute atomic E-state index is 0.0882. The van der Waals surface area contributed by atoms with E-state index in [1.165, 1.54) is 11.3 Å². The summed E-state index contributed by atoms with van der Waals surface area (Å²) in [6, 6.07) is 0. The Bertz CT molecular complexity index is 557. The van der Waals surface area contributed by atoms with E-state index in [0.717, 1.165) is 44.2 Å². The predicted octanol–water partition coefficient (Wildman–Crippen LogP) is 0.722. The third kappa shape index (κ3) is 4.20. The molecule has 1 aromatic heterocycles. The molecule has 0 unspecified atom stereocenters. The second-order valence-electron chi connectivity index (χ2n) is 5.70. The molecule has 1 N–H and O–H groups in total. The SMILES string of the molecule is O=C(NCCCN1CCCC1=O)c1cnc(N2CCOCC2)s1. The van der Waals surface area contributed by atoms with Crippen LogP contribution in [0.3, 0.4) is 0 Å². The first kappa shape index (κ1) is 16.2. The number of hydrogen-bond acceptors (Lipinski definition) is 6. The van der Waals surface area contributed by atoms with Gasteiger partial charge in [-0.25, -0.2) is 4.98 Å². The Kier molecular flexibility index (Phi) is 5.45. The van der Waals surface area contributed by atoms with Crippen LogP contribution in [0, 0.1) is 0 Å². The molecule has 0 saturated carbocycles. The van der Waals surface area contributed by atoms with Crippen molar-refractivity contribution in [1.29, 1.82) is 0 Å². The fourth-order valence-electron chi connectivity index (χ4n) is 2.77. The normalized spacial score (nSPS) is 18.5. The third-order valence-corrected chi connectivity index (χ3v) is 5.12. The molecule has 0 bridgehead atoms. The van der Waals surface area contributed by atoms with E-state index in [2.05, 4.69) is 15.2 Å². The molecule has 7 nitrogen and oxygen atoms in total. The summed E-state index contributed by atoms with van der Waals surface area (Å²) in [6.07, 6.45) is 4.04. The molecule has 3 heterocycles. The van der Waals surface area contributed by atoms with E-state index in [9.17, 15) is 9.59 Å². The van der Waals surface area contributed by atoms with Crippen molar-refractivity contribution in [2.75, 3.05) is 50.8 Å². The van der Waals surface area contributed by atoms with E-state index in [0.29, 0.717) is 31.1 Å². The zero-order chi connectivity index (χ0) is 16.1. The number of hydrogen-bond donors (Lipinski definition) is 1. The molecule has 0 atom stereocenters. The maximum atomic E-state index is 12.1. The molecule has 2 aliphatic heterocycles. The number of carbonyl (C=O) groups is 2. The average molecular weight is 338 g/mol. The number of thiazole rings is 1. The van der Waals surface area contributed by atoms with Gasteiger partial charge in [0.15, 0.2) is 5.13 Å². The van der Waals surface area contributed by atoms with Crippen LogP contribution < -0.4 is 10.2 Å². The maximum absolute atomic E-state index is 12.1. The van der Waals surface area contributed by atoms with E-state index in [4.69, 9.17) is 4.74 Å². The maximum Gasteiger partial charge on any atom is 0.263 e. The number of morpholine rings is 1. The predicted molar refractivity (Wildman–Crippen MR) is 87.9 cm³/mol. The largest absolute Gasteiger partial charge is 0.378 e. The van der Waals surface area contributed by atoms with Crippen LogP contribution in [0.15, 0.2) is 6.20 Å². The number of amides is 2. The van der Waals surface area contributed by atoms with Crippen molar-refractivity contribution in [3.8, 4) is 0 Å². The van der Waals surface area contributed by atoms with Gasteiger partial charge in [-0.2, -0.15) is 0 Å². The van der Waals surface area contributed by atoms with Crippen molar-refractivity contribution in [2.24, 2.45) is 0 Å². The van der Waals surface area contributed by atoms with Gasteiger partial charge in [0, 0.05) is 39.1 Å². The molecule has 0 spiro atoms. The Morgan fingerprint density at radius 1 is 1.35 bits per heavy atom. The Hall–Kier alpha value is -1.67. The Labute approximate surface area is 139 Å². The summed E-state index contributed by atoms with van der Waals surface area (Å²) in [5.41, 5.74) is 0. The van der Waals surface area contributed by atoms with Gasteiger partial charge in [0.05, 0.1) is 19.4 Å². The number of carbonyl (C=O) groups excluding carboxylic acids is 2. The second kappa shape index (κ2) is 7.74. The van der Waals surface area contributed by atoms with Gasteiger partial charge in [0.2, 0.25) is 5.91 Å². The molecule has 2 aliphatic rings. The van der Waals surface area contributed by atoms with Crippen molar-refractivity contribution in [1.82, 2.24) is 15.2 Å². The monoisotopic (exact) mass is 338 g/mol. The molecule has 3 rings (SSSR count). The van der Waals surface area contributed by atoms with Gasteiger partial charge in [0.25, 0.3) is 5.91 Å². The van der Waals surface area contributed by atoms with E-state index in [-0.39, 0.29) is 11.8 Å². The minimum Gasteiger partial charge on any atom is -0.378 e. The van der Waals surface area contributed by atoms with Crippen molar-refractivity contribution < 1.29 is 14.3 Å². The first-order valence-corrected chi connectivity index (χ1v) is 8.90. The highest BCUT2D eigenvalue weighted by molar-refractivity contribution is 7.17. The standard InChI is InChI=1S/C15H22N4O3S/c20-13-3-1-5-18(13)6-2-4-16-14(21)12-11-17-15(23-12)19-7-9-22-10-8-19/h11H,1-10H2,(H,16,21). The molecule has 0 aromatic carbocycles. The van der Waals surface area contributed by atoms with Crippen LogP contribution in [0.2, 0.25) is 0 Å². The van der Waals surface area contributed by atoms with Crippen molar-refractivity contribution >= 4 is 28.3 Å². The van der Waals surface area contributed by atoms with E-state index < -0.39 is 0 Å². The first-order chi connectivity index (χ1) is 11.2. The van der Waals surface area contributed by atoms with Crippen molar-refractivity contribution in [3.63, 3.8) is 0 Å². The first-order valence-electron chi connectivity index (χ1n) is 8.08. The van der Waals surface area contributed by atoms with Crippen LogP contribution in [0.25, 0.3) is 0 Å². The molecule has 23 heavy (non-hydrogen) atoms. The number of anilines is 1. The number of ether oxygens (including phenoxy) is 1. The zero-order valence-electron chi connectivity index (χ0n) is 13.1. The van der Waals surface area contributed by atoms with Gasteiger partial charge >= 0.3 is 0 Å². The quantitative estimate of drug-likeness (QED) is 0.774. The summed E-state index contributed by atoms with van der Waals surface area (Å²) in [4.78, 5) is 32.6. The molecular formula is C15H22N4O3S. The van der Waals surface area contributed by atoms with Crippen LogP contribution in [-0.4, -0.2) is 67.6 Å². The van der Waals surface area contributed by atoms with Crippen molar-refractivity contribution in [3.05, 3.63) is 11.1 Å². The highest BCUT2D eigenvalue weighted by atomic mass is 32.1. The average Bonchev–Trinajstić information content (AvgIpc) is 3.22. The Morgan fingerprint density at radius 2 is 2.17 bits per heavy atom. The number of aromatic nitrogens is 1. The molecule has 126 valence electrons. The van der Waals surface area contributed by atoms with E-state index in [1.54, 1.807) is 6.20 Å². The lowest BCUT2D eigenvalue weighted by Gasteiger charge is -2.25. The van der Waals surface area contributed by atoms with Gasteiger partial charge in [-0.15, -0.1) is 0 Å². The van der Waals surface area contributed by atoms with E-state index in [1.807, 2.05) is 4.90 Å². The lowest BCUT2D eigenvalue weighted by molar-refractivity contribution is -0.127. The minimum atomic E-state index is -0.0882. The highest BCUT2D eigenvalue weighted by Crippen LogP contribution is 2.23. The molecular weight excluding hydrogens is 316 g/mol. The summed E-state index contributed by atoms with van der Waals surface area (Å²) >= 11 is 1.41. The topological polar surface area (TPSA) is 74.8 Å². The fourth-order valence-corrected chi connectivity index (χ4v) is 3.65. The van der Waals surface area contributed by atoms with Gasteiger partial charge < -0.3 is 19.9 Å². The van der Waals surface area contributed by atoms with Crippen molar-refractivity contribution in [2.45, 2.75) is 19.3 Å². The van der Waals surface area contributed by atoms with Crippen LogP contribution in [0.5, 0.6) is 0 Å².